The molecule has 4 heteroatoms. The number of para-hydroxylation sites is 1. The Labute approximate surface area is 133 Å². The molecule has 0 saturated heterocycles. The molecule has 0 radical (unpaired) electrons. The zero-order valence-electron chi connectivity index (χ0n) is 14.3. The summed E-state index contributed by atoms with van der Waals surface area (Å²) < 4.78 is 6.07. The van der Waals surface area contributed by atoms with Crippen molar-refractivity contribution in [2.24, 2.45) is 0 Å². The van der Waals surface area contributed by atoms with E-state index in [1.165, 1.54) is 11.1 Å². The first kappa shape index (κ1) is 16.6. The number of hydrogen-bond acceptors (Lipinski definition) is 3. The van der Waals surface area contributed by atoms with Crippen molar-refractivity contribution in [1.82, 2.24) is 15.5 Å². The van der Waals surface area contributed by atoms with Crippen LogP contribution in [0.15, 0.2) is 24.3 Å². The summed E-state index contributed by atoms with van der Waals surface area (Å²) >= 11 is 0. The Morgan fingerprint density at radius 3 is 2.64 bits per heavy atom. The number of hydrogen-bond donors (Lipinski definition) is 2. The maximum absolute atomic E-state index is 6.07. The third kappa shape index (κ3) is 3.89. The van der Waals surface area contributed by atoms with E-state index in [0.717, 1.165) is 30.2 Å². The van der Waals surface area contributed by atoms with Crippen molar-refractivity contribution < 1.29 is 4.74 Å². The predicted octanol–water partition coefficient (Wildman–Crippen LogP) is 3.70. The van der Waals surface area contributed by atoms with E-state index in [2.05, 4.69) is 55.3 Å². The van der Waals surface area contributed by atoms with Crippen LogP contribution in [-0.2, 0) is 18.6 Å². The van der Waals surface area contributed by atoms with Gasteiger partial charge in [0.2, 0.25) is 0 Å². The molecule has 0 saturated carbocycles. The average Bonchev–Trinajstić information content (AvgIpc) is 2.82. The summed E-state index contributed by atoms with van der Waals surface area (Å²) in [5.41, 5.74) is 4.56. The van der Waals surface area contributed by atoms with Gasteiger partial charge in [0.15, 0.2) is 0 Å². The Kier molecular flexibility index (Phi) is 5.24. The number of rotatable bonds is 6. The summed E-state index contributed by atoms with van der Waals surface area (Å²) in [6, 6.07) is 8.23. The second-order valence-electron chi connectivity index (χ2n) is 6.59. The first-order chi connectivity index (χ1) is 10.4. The van der Waals surface area contributed by atoms with Crippen molar-refractivity contribution in [3.63, 3.8) is 0 Å². The lowest BCUT2D eigenvalue weighted by molar-refractivity contribution is 0.291. The number of H-pyrrole nitrogens is 1. The lowest BCUT2D eigenvalue weighted by Gasteiger charge is -2.22. The summed E-state index contributed by atoms with van der Waals surface area (Å²) in [7, 11) is 0. The average molecular weight is 301 g/mol. The molecule has 0 spiro atoms. The summed E-state index contributed by atoms with van der Waals surface area (Å²) in [6.45, 7) is 13.0. The van der Waals surface area contributed by atoms with Crippen LogP contribution >= 0.6 is 0 Å². The third-order valence-electron chi connectivity index (χ3n) is 3.77. The van der Waals surface area contributed by atoms with Gasteiger partial charge in [0.25, 0.3) is 0 Å². The quantitative estimate of drug-likeness (QED) is 0.855. The van der Waals surface area contributed by atoms with Crippen molar-refractivity contribution >= 4 is 0 Å². The number of ether oxygens (including phenoxy) is 1. The van der Waals surface area contributed by atoms with Crippen LogP contribution in [0.5, 0.6) is 5.75 Å². The summed E-state index contributed by atoms with van der Waals surface area (Å²) in [4.78, 5) is 0. The number of aryl methyl sites for hydroxylation is 1. The highest BCUT2D eigenvalue weighted by molar-refractivity contribution is 5.38. The molecule has 2 N–H and O–H groups in total. The molecule has 1 aromatic carbocycles. The van der Waals surface area contributed by atoms with Gasteiger partial charge >= 0.3 is 0 Å². The lowest BCUT2D eigenvalue weighted by Crippen LogP contribution is -2.15. The second-order valence-corrected chi connectivity index (χ2v) is 6.59. The third-order valence-corrected chi connectivity index (χ3v) is 3.77. The van der Waals surface area contributed by atoms with E-state index in [-0.39, 0.29) is 5.41 Å². The number of aromatic nitrogens is 2. The van der Waals surface area contributed by atoms with Gasteiger partial charge in [0, 0.05) is 17.8 Å². The highest BCUT2D eigenvalue weighted by atomic mass is 16.5. The fraction of sp³-hybridized carbons (Fsp3) is 0.500. The van der Waals surface area contributed by atoms with E-state index in [9.17, 15) is 0 Å². The minimum absolute atomic E-state index is 0.0602. The van der Waals surface area contributed by atoms with Crippen LogP contribution in [0.1, 0.15) is 50.2 Å². The van der Waals surface area contributed by atoms with Crippen LogP contribution in [0.3, 0.4) is 0 Å². The van der Waals surface area contributed by atoms with Crippen LogP contribution in [0.2, 0.25) is 0 Å². The van der Waals surface area contributed by atoms with Crippen LogP contribution in [0.4, 0.5) is 0 Å². The summed E-state index contributed by atoms with van der Waals surface area (Å²) in [5.74, 6) is 0.935. The van der Waals surface area contributed by atoms with Gasteiger partial charge in [-0.15, -0.1) is 0 Å². The molecular formula is C18H27N3O. The highest BCUT2D eigenvalue weighted by Crippen LogP contribution is 2.31. The Morgan fingerprint density at radius 1 is 1.23 bits per heavy atom. The molecule has 22 heavy (non-hydrogen) atoms. The molecule has 0 atom stereocenters. The molecule has 0 aliphatic heterocycles. The molecule has 0 unspecified atom stereocenters. The first-order valence-electron chi connectivity index (χ1n) is 7.89. The standard InChI is InChI=1S/C18H27N3O/c1-6-19-11-14-13(2)20-21-16(14)12-22-17-10-8-7-9-15(17)18(3,4)5/h7-10,19H,6,11-12H2,1-5H3,(H,20,21). The van der Waals surface area contributed by atoms with Crippen LogP contribution in [-0.4, -0.2) is 16.7 Å². The molecule has 2 aromatic rings. The van der Waals surface area contributed by atoms with E-state index >= 15 is 0 Å². The molecule has 0 amide bonds. The van der Waals surface area contributed by atoms with E-state index < -0.39 is 0 Å². The largest absolute Gasteiger partial charge is 0.487 e. The van der Waals surface area contributed by atoms with Gasteiger partial charge in [0.05, 0.1) is 0 Å². The second kappa shape index (κ2) is 6.97. The lowest BCUT2D eigenvalue weighted by atomic mass is 9.86. The van der Waals surface area contributed by atoms with Gasteiger partial charge in [0.1, 0.15) is 18.1 Å². The monoisotopic (exact) mass is 301 g/mol. The van der Waals surface area contributed by atoms with Crippen LogP contribution in [0.25, 0.3) is 0 Å². The van der Waals surface area contributed by atoms with Gasteiger partial charge in [-0.3, -0.25) is 5.10 Å². The topological polar surface area (TPSA) is 49.9 Å². The maximum atomic E-state index is 6.07. The molecule has 2 rings (SSSR count). The van der Waals surface area contributed by atoms with Crippen LogP contribution in [0, 0.1) is 6.92 Å². The molecular weight excluding hydrogens is 274 g/mol. The minimum Gasteiger partial charge on any atom is -0.487 e. The maximum Gasteiger partial charge on any atom is 0.132 e. The Bertz CT molecular complexity index is 611. The fourth-order valence-corrected chi connectivity index (χ4v) is 2.46. The number of benzene rings is 1. The van der Waals surface area contributed by atoms with Crippen molar-refractivity contribution in [2.45, 2.75) is 53.2 Å². The van der Waals surface area contributed by atoms with Gasteiger partial charge < -0.3 is 10.1 Å². The van der Waals surface area contributed by atoms with Crippen LogP contribution < -0.4 is 10.1 Å². The van der Waals surface area contributed by atoms with Crippen molar-refractivity contribution in [3.05, 3.63) is 46.8 Å². The van der Waals surface area contributed by atoms with Gasteiger partial charge in [-0.1, -0.05) is 45.9 Å². The minimum atomic E-state index is 0.0602. The fourth-order valence-electron chi connectivity index (χ4n) is 2.46. The van der Waals surface area contributed by atoms with E-state index in [1.54, 1.807) is 0 Å². The van der Waals surface area contributed by atoms with Gasteiger partial charge in [-0.25, -0.2) is 0 Å². The SMILES string of the molecule is CCNCc1c(COc2ccccc2C(C)(C)C)n[nH]c1C. The normalized spacial score (nSPS) is 11.7. The zero-order chi connectivity index (χ0) is 16.2. The van der Waals surface area contributed by atoms with Crippen molar-refractivity contribution in [1.29, 1.82) is 0 Å². The number of nitrogens with zero attached hydrogens (tertiary/aromatic N) is 1. The smallest absolute Gasteiger partial charge is 0.132 e. The van der Waals surface area contributed by atoms with E-state index in [1.807, 2.05) is 19.1 Å². The molecule has 0 fully saturated rings. The van der Waals surface area contributed by atoms with E-state index in [0.29, 0.717) is 6.61 Å². The Balaban J connectivity index is 2.14. The van der Waals surface area contributed by atoms with Gasteiger partial charge in [-0.05, 0) is 30.5 Å². The number of nitrogens with one attached hydrogen (secondary N) is 2. The molecule has 0 aliphatic rings. The van der Waals surface area contributed by atoms with Crippen molar-refractivity contribution in [3.8, 4) is 5.75 Å². The Hall–Kier alpha value is -1.81. The molecule has 120 valence electrons. The first-order valence-corrected chi connectivity index (χ1v) is 7.89. The summed E-state index contributed by atoms with van der Waals surface area (Å²) in [5, 5.41) is 10.8. The molecule has 0 bridgehead atoms. The van der Waals surface area contributed by atoms with Crippen molar-refractivity contribution in [2.75, 3.05) is 6.54 Å². The predicted molar refractivity (Wildman–Crippen MR) is 90.2 cm³/mol. The zero-order valence-corrected chi connectivity index (χ0v) is 14.3. The molecule has 4 nitrogen and oxygen atoms in total. The van der Waals surface area contributed by atoms with E-state index in [4.69, 9.17) is 4.74 Å². The van der Waals surface area contributed by atoms with Gasteiger partial charge in [-0.2, -0.15) is 5.10 Å². The molecule has 0 aliphatic carbocycles. The number of aromatic amines is 1. The Morgan fingerprint density at radius 2 is 1.95 bits per heavy atom. The highest BCUT2D eigenvalue weighted by Gasteiger charge is 2.19. The summed E-state index contributed by atoms with van der Waals surface area (Å²) in [6.07, 6.45) is 0. The molecule has 1 heterocycles. The molecule has 1 aromatic heterocycles.